The van der Waals surface area contributed by atoms with Crippen molar-refractivity contribution < 1.29 is 4.79 Å². The van der Waals surface area contributed by atoms with Crippen LogP contribution in [0.25, 0.3) is 0 Å². The molecule has 1 amide bonds. The summed E-state index contributed by atoms with van der Waals surface area (Å²) in [5, 5.41) is 9.81. The van der Waals surface area contributed by atoms with E-state index in [0.717, 1.165) is 43.3 Å². The number of halogens is 2. The average molecular weight is 380 g/mol. The smallest absolute Gasteiger partial charge is 0.220 e. The molecule has 0 unspecified atom stereocenters. The van der Waals surface area contributed by atoms with Crippen LogP contribution < -0.4 is 10.6 Å². The lowest BCUT2D eigenvalue weighted by molar-refractivity contribution is -0.123. The zero-order valence-electron chi connectivity index (χ0n) is 13.4. The number of hydrogen-bond acceptors (Lipinski definition) is 4. The predicted octanol–water partition coefficient (Wildman–Crippen LogP) is 3.65. The van der Waals surface area contributed by atoms with E-state index >= 15 is 0 Å². The summed E-state index contributed by atoms with van der Waals surface area (Å²) in [6.07, 6.45) is 10.4. The summed E-state index contributed by atoms with van der Waals surface area (Å²) in [6, 6.07) is 0. The molecule has 132 valence electrons. The van der Waals surface area contributed by atoms with Crippen LogP contribution in [0.2, 0.25) is 0 Å². The summed E-state index contributed by atoms with van der Waals surface area (Å²) < 4.78 is 0. The van der Waals surface area contributed by atoms with Gasteiger partial charge in [-0.05, 0) is 51.1 Å². The maximum atomic E-state index is 12.4. The first-order valence-corrected chi connectivity index (χ1v) is 9.08. The highest BCUT2D eigenvalue weighted by Crippen LogP contribution is 2.39. The van der Waals surface area contributed by atoms with E-state index in [4.69, 9.17) is 0 Å². The summed E-state index contributed by atoms with van der Waals surface area (Å²) in [7, 11) is 0. The second-order valence-corrected chi connectivity index (χ2v) is 7.30. The van der Waals surface area contributed by atoms with Gasteiger partial charge in [0.1, 0.15) is 5.01 Å². The second-order valence-electron chi connectivity index (χ2n) is 6.41. The molecule has 1 aromatic rings. The Kier molecular flexibility index (Phi) is 8.83. The van der Waals surface area contributed by atoms with Gasteiger partial charge in [-0.3, -0.25) is 4.79 Å². The third-order valence-electron chi connectivity index (χ3n) is 4.92. The summed E-state index contributed by atoms with van der Waals surface area (Å²) in [6.45, 7) is 2.21. The highest BCUT2D eigenvalue weighted by Gasteiger charge is 2.39. The molecule has 23 heavy (non-hydrogen) atoms. The van der Waals surface area contributed by atoms with Crippen molar-refractivity contribution in [3.63, 3.8) is 0 Å². The lowest BCUT2D eigenvalue weighted by Crippen LogP contribution is -2.43. The van der Waals surface area contributed by atoms with E-state index in [0.29, 0.717) is 6.42 Å². The standard InChI is InChI=1S/C16H25N3OS.2ClH/c20-14(4-3-13-5-9-17-10-6-13)19-16(7-1-2-8-16)15-18-11-12-21-15;;/h11-13,17H,1-10H2,(H,19,20);2*1H. The number of carbonyl (C=O) groups is 1. The highest BCUT2D eigenvalue weighted by molar-refractivity contribution is 7.09. The van der Waals surface area contributed by atoms with E-state index in [-0.39, 0.29) is 36.3 Å². The topological polar surface area (TPSA) is 54.0 Å². The maximum Gasteiger partial charge on any atom is 0.220 e. The molecule has 2 aliphatic rings. The van der Waals surface area contributed by atoms with Crippen molar-refractivity contribution in [2.24, 2.45) is 5.92 Å². The number of nitrogens with zero attached hydrogens (tertiary/aromatic N) is 1. The SMILES string of the molecule is Cl.Cl.O=C(CCC1CCNCC1)NC1(c2nccs2)CCCC1. The molecule has 3 rings (SSSR count). The van der Waals surface area contributed by atoms with Crippen molar-refractivity contribution in [3.8, 4) is 0 Å². The van der Waals surface area contributed by atoms with E-state index in [1.165, 1.54) is 25.7 Å². The zero-order valence-corrected chi connectivity index (χ0v) is 15.8. The molecule has 2 heterocycles. The molecule has 1 aliphatic carbocycles. The Morgan fingerprint density at radius 2 is 2.00 bits per heavy atom. The van der Waals surface area contributed by atoms with Crippen LogP contribution in [0.5, 0.6) is 0 Å². The van der Waals surface area contributed by atoms with Crippen LogP contribution in [0.15, 0.2) is 11.6 Å². The predicted molar refractivity (Wildman–Crippen MR) is 99.7 cm³/mol. The number of amides is 1. The van der Waals surface area contributed by atoms with Crippen molar-refractivity contribution in [3.05, 3.63) is 16.6 Å². The molecule has 2 N–H and O–H groups in total. The molecule has 1 aromatic heterocycles. The van der Waals surface area contributed by atoms with Crippen molar-refractivity contribution in [2.45, 2.75) is 56.9 Å². The van der Waals surface area contributed by atoms with Gasteiger partial charge in [-0.15, -0.1) is 36.2 Å². The maximum absolute atomic E-state index is 12.4. The Bertz CT molecular complexity index is 458. The van der Waals surface area contributed by atoms with E-state index < -0.39 is 0 Å². The largest absolute Gasteiger partial charge is 0.344 e. The van der Waals surface area contributed by atoms with Gasteiger partial charge < -0.3 is 10.6 Å². The van der Waals surface area contributed by atoms with Crippen molar-refractivity contribution in [1.29, 1.82) is 0 Å². The molecule has 0 bridgehead atoms. The summed E-state index contributed by atoms with van der Waals surface area (Å²) >= 11 is 1.67. The number of carbonyl (C=O) groups excluding carboxylic acids is 1. The van der Waals surface area contributed by atoms with Gasteiger partial charge in [0.15, 0.2) is 0 Å². The van der Waals surface area contributed by atoms with Gasteiger partial charge in [-0.2, -0.15) is 0 Å². The third kappa shape index (κ3) is 5.31. The van der Waals surface area contributed by atoms with E-state index in [1.54, 1.807) is 11.3 Å². The lowest BCUT2D eigenvalue weighted by Gasteiger charge is -2.29. The molecular formula is C16H27Cl2N3OS. The number of piperidine rings is 1. The minimum atomic E-state index is -0.167. The van der Waals surface area contributed by atoms with Gasteiger partial charge in [0.05, 0.1) is 5.54 Å². The Morgan fingerprint density at radius 3 is 2.61 bits per heavy atom. The minimum Gasteiger partial charge on any atom is -0.344 e. The third-order valence-corrected chi connectivity index (χ3v) is 5.89. The van der Waals surface area contributed by atoms with Gasteiger partial charge in [0.2, 0.25) is 5.91 Å². The van der Waals surface area contributed by atoms with Gasteiger partial charge in [0, 0.05) is 18.0 Å². The molecule has 2 fully saturated rings. The van der Waals surface area contributed by atoms with Crippen molar-refractivity contribution >= 4 is 42.1 Å². The Morgan fingerprint density at radius 1 is 1.30 bits per heavy atom. The fourth-order valence-corrected chi connectivity index (χ4v) is 4.52. The quantitative estimate of drug-likeness (QED) is 0.820. The van der Waals surface area contributed by atoms with Gasteiger partial charge in [-0.25, -0.2) is 4.98 Å². The molecule has 0 aromatic carbocycles. The van der Waals surface area contributed by atoms with Crippen molar-refractivity contribution in [2.75, 3.05) is 13.1 Å². The van der Waals surface area contributed by atoms with Crippen molar-refractivity contribution in [1.82, 2.24) is 15.6 Å². The van der Waals surface area contributed by atoms with Gasteiger partial charge >= 0.3 is 0 Å². The normalized spacial score (nSPS) is 20.3. The first-order valence-electron chi connectivity index (χ1n) is 8.20. The van der Waals surface area contributed by atoms with Crippen LogP contribution in [0.1, 0.15) is 56.4 Å². The molecule has 0 atom stereocenters. The molecule has 4 nitrogen and oxygen atoms in total. The summed E-state index contributed by atoms with van der Waals surface area (Å²) in [5.74, 6) is 0.932. The first-order chi connectivity index (χ1) is 10.3. The number of aromatic nitrogens is 1. The molecular weight excluding hydrogens is 353 g/mol. The molecule has 1 aliphatic heterocycles. The molecule has 1 saturated carbocycles. The summed E-state index contributed by atoms with van der Waals surface area (Å²) in [4.78, 5) is 16.9. The van der Waals surface area contributed by atoms with Crippen LogP contribution in [0, 0.1) is 5.92 Å². The van der Waals surface area contributed by atoms with E-state index in [2.05, 4.69) is 15.6 Å². The Hall–Kier alpha value is -0.360. The van der Waals surface area contributed by atoms with Gasteiger partial charge in [-0.1, -0.05) is 12.8 Å². The Balaban J connectivity index is 0.00000132. The zero-order chi connectivity index (χ0) is 14.5. The number of rotatable bonds is 5. The van der Waals surface area contributed by atoms with Crippen LogP contribution in [-0.4, -0.2) is 24.0 Å². The van der Waals surface area contributed by atoms with Gasteiger partial charge in [0.25, 0.3) is 0 Å². The highest BCUT2D eigenvalue weighted by atomic mass is 35.5. The molecule has 1 saturated heterocycles. The fourth-order valence-electron chi connectivity index (χ4n) is 3.67. The minimum absolute atomic E-state index is 0. The van der Waals surface area contributed by atoms with E-state index in [9.17, 15) is 4.79 Å². The van der Waals surface area contributed by atoms with Crippen LogP contribution in [0.3, 0.4) is 0 Å². The number of thiazole rings is 1. The molecule has 0 spiro atoms. The number of hydrogen-bond donors (Lipinski definition) is 2. The monoisotopic (exact) mass is 379 g/mol. The van der Waals surface area contributed by atoms with Crippen LogP contribution in [-0.2, 0) is 10.3 Å². The summed E-state index contributed by atoms with van der Waals surface area (Å²) in [5.41, 5.74) is -0.167. The first kappa shape index (κ1) is 20.7. The number of nitrogens with one attached hydrogen (secondary N) is 2. The Labute approximate surface area is 155 Å². The van der Waals surface area contributed by atoms with E-state index in [1.807, 2.05) is 11.6 Å². The van der Waals surface area contributed by atoms with Crippen LogP contribution in [0.4, 0.5) is 0 Å². The second kappa shape index (κ2) is 9.82. The molecule has 0 radical (unpaired) electrons. The van der Waals surface area contributed by atoms with Crippen LogP contribution >= 0.6 is 36.2 Å². The molecule has 7 heteroatoms. The average Bonchev–Trinajstić information content (AvgIpc) is 3.18. The lowest BCUT2D eigenvalue weighted by atomic mass is 9.92. The fraction of sp³-hybridized carbons (Fsp3) is 0.750.